The number of aromatic nitrogens is 4. The Bertz CT molecular complexity index is 1350. The van der Waals surface area contributed by atoms with Crippen molar-refractivity contribution in [3.8, 4) is 22.1 Å². The maximum absolute atomic E-state index is 13.1. The van der Waals surface area contributed by atoms with E-state index in [0.717, 1.165) is 10.2 Å². The molecule has 0 fully saturated rings. The van der Waals surface area contributed by atoms with Crippen LogP contribution in [0.5, 0.6) is 5.75 Å². The lowest BCUT2D eigenvalue weighted by atomic mass is 10.1. The van der Waals surface area contributed by atoms with Crippen LogP contribution in [0.1, 0.15) is 5.69 Å². The van der Waals surface area contributed by atoms with Gasteiger partial charge in [0.15, 0.2) is 0 Å². The summed E-state index contributed by atoms with van der Waals surface area (Å²) in [4.78, 5) is 22.1. The molecule has 0 aliphatic heterocycles. The lowest BCUT2D eigenvalue weighted by Crippen LogP contribution is -2.15. The van der Waals surface area contributed by atoms with E-state index in [4.69, 9.17) is 0 Å². The van der Waals surface area contributed by atoms with Crippen molar-refractivity contribution in [3.63, 3.8) is 0 Å². The van der Waals surface area contributed by atoms with Gasteiger partial charge in [-0.1, -0.05) is 47.4 Å². The summed E-state index contributed by atoms with van der Waals surface area (Å²) < 4.78 is 2.41. The van der Waals surface area contributed by atoms with Crippen molar-refractivity contribution in [2.24, 2.45) is 0 Å². The smallest absolute Gasteiger partial charge is 0.283 e. The van der Waals surface area contributed by atoms with E-state index < -0.39 is 0 Å². The van der Waals surface area contributed by atoms with Gasteiger partial charge in [0, 0.05) is 5.69 Å². The molecule has 0 spiro atoms. The van der Waals surface area contributed by atoms with Crippen LogP contribution in [-0.4, -0.2) is 19.7 Å². The van der Waals surface area contributed by atoms with Gasteiger partial charge in [-0.15, -0.1) is 0 Å². The van der Waals surface area contributed by atoms with Gasteiger partial charge in [-0.05, 0) is 36.6 Å². The van der Waals surface area contributed by atoms with Gasteiger partial charge in [-0.3, -0.25) is 9.89 Å². The van der Waals surface area contributed by atoms with Crippen LogP contribution >= 0.6 is 11.3 Å². The van der Waals surface area contributed by atoms with Gasteiger partial charge in [0.1, 0.15) is 0 Å². The molecular formula is C20H13N4O2S-. The Labute approximate surface area is 157 Å². The van der Waals surface area contributed by atoms with E-state index in [0.29, 0.717) is 33.0 Å². The third-order valence-electron chi connectivity index (χ3n) is 4.48. The fraction of sp³-hybridized carbons (Fsp3) is 0.0500. The summed E-state index contributed by atoms with van der Waals surface area (Å²) >= 11 is 1.43. The molecule has 6 nitrogen and oxygen atoms in total. The Morgan fingerprint density at radius 2 is 1.78 bits per heavy atom. The summed E-state index contributed by atoms with van der Waals surface area (Å²) in [6.07, 6.45) is 0. The predicted molar refractivity (Wildman–Crippen MR) is 104 cm³/mol. The van der Waals surface area contributed by atoms with Gasteiger partial charge in [0.2, 0.25) is 5.13 Å². The summed E-state index contributed by atoms with van der Waals surface area (Å²) in [5.74, 6) is -0.151. The van der Waals surface area contributed by atoms with Crippen LogP contribution in [0.15, 0.2) is 59.4 Å². The van der Waals surface area contributed by atoms with Gasteiger partial charge in [0.25, 0.3) is 5.56 Å². The monoisotopic (exact) mass is 373 g/mol. The zero-order chi connectivity index (χ0) is 18.5. The van der Waals surface area contributed by atoms with Crippen LogP contribution in [-0.2, 0) is 0 Å². The third-order valence-corrected chi connectivity index (χ3v) is 5.50. The number of thiazole rings is 1. The normalized spacial score (nSPS) is 11.4. The third kappa shape index (κ3) is 2.43. The fourth-order valence-corrected chi connectivity index (χ4v) is 4.14. The first-order valence-electron chi connectivity index (χ1n) is 8.36. The first-order chi connectivity index (χ1) is 13.1. The van der Waals surface area contributed by atoms with E-state index in [1.807, 2.05) is 30.3 Å². The number of hydrogen-bond acceptors (Lipinski definition) is 5. The van der Waals surface area contributed by atoms with Crippen molar-refractivity contribution >= 4 is 32.5 Å². The number of para-hydroxylation sites is 2. The second-order valence-corrected chi connectivity index (χ2v) is 7.25. The van der Waals surface area contributed by atoms with E-state index in [-0.39, 0.29) is 11.3 Å². The first-order valence-corrected chi connectivity index (χ1v) is 9.18. The number of hydrogen-bond donors (Lipinski definition) is 1. The van der Waals surface area contributed by atoms with Gasteiger partial charge < -0.3 is 5.11 Å². The van der Waals surface area contributed by atoms with Gasteiger partial charge >= 0.3 is 0 Å². The highest BCUT2D eigenvalue weighted by molar-refractivity contribution is 7.20. The van der Waals surface area contributed by atoms with Crippen LogP contribution in [0.2, 0.25) is 0 Å². The van der Waals surface area contributed by atoms with Crippen LogP contribution in [0, 0.1) is 6.92 Å². The summed E-state index contributed by atoms with van der Waals surface area (Å²) in [5, 5.41) is 16.6. The van der Waals surface area contributed by atoms with E-state index in [9.17, 15) is 9.90 Å². The minimum atomic E-state index is -0.270. The highest BCUT2D eigenvalue weighted by atomic mass is 32.1. The standard InChI is InChI=1S/C20H14N4O2S/c1-11-18(15-10-16(25)12-6-2-3-7-13(12)21-15)19(26)24(23-11)20-22-14-8-4-5-9-17(14)27-20/h2-10,23H,1H3,(H,21,25)/p-1. The average Bonchev–Trinajstić information content (AvgIpc) is 3.22. The van der Waals surface area contributed by atoms with Crippen molar-refractivity contribution in [1.29, 1.82) is 0 Å². The number of nitrogens with one attached hydrogen (secondary N) is 1. The molecule has 5 aromatic rings. The number of rotatable bonds is 2. The molecule has 0 aliphatic rings. The molecule has 7 heteroatoms. The molecule has 132 valence electrons. The van der Waals surface area contributed by atoms with Crippen LogP contribution in [0.4, 0.5) is 0 Å². The molecule has 0 radical (unpaired) electrons. The van der Waals surface area contributed by atoms with E-state index >= 15 is 0 Å². The molecule has 0 saturated carbocycles. The Kier molecular flexibility index (Phi) is 3.38. The number of pyridine rings is 1. The van der Waals surface area contributed by atoms with Crippen molar-refractivity contribution in [2.75, 3.05) is 0 Å². The number of aryl methyl sites for hydroxylation is 1. The van der Waals surface area contributed by atoms with E-state index in [1.54, 1.807) is 25.1 Å². The molecular weight excluding hydrogens is 360 g/mol. The molecule has 1 N–H and O–H groups in total. The van der Waals surface area contributed by atoms with Crippen molar-refractivity contribution in [1.82, 2.24) is 19.7 Å². The van der Waals surface area contributed by atoms with Gasteiger partial charge in [-0.25, -0.2) is 9.97 Å². The first kappa shape index (κ1) is 15.8. The van der Waals surface area contributed by atoms with Gasteiger partial charge in [-0.2, -0.15) is 4.68 Å². The number of H-pyrrole nitrogens is 1. The molecule has 0 amide bonds. The van der Waals surface area contributed by atoms with Crippen LogP contribution in [0.25, 0.3) is 37.5 Å². The van der Waals surface area contributed by atoms with Crippen molar-refractivity contribution < 1.29 is 5.11 Å². The molecule has 3 aromatic heterocycles. The fourth-order valence-electron chi connectivity index (χ4n) is 3.21. The SMILES string of the molecule is Cc1[nH]n(-c2nc3ccccc3s2)c(=O)c1-c1cc([O-])c2ccccc2n1. The zero-order valence-corrected chi connectivity index (χ0v) is 15.1. The maximum Gasteiger partial charge on any atom is 0.283 e. The summed E-state index contributed by atoms with van der Waals surface area (Å²) in [7, 11) is 0. The molecule has 0 aliphatic carbocycles. The van der Waals surface area contributed by atoms with Crippen LogP contribution in [0.3, 0.4) is 0 Å². The average molecular weight is 373 g/mol. The molecule has 2 aromatic carbocycles. The van der Waals surface area contributed by atoms with Gasteiger partial charge in [0.05, 0.1) is 27.0 Å². The largest absolute Gasteiger partial charge is 0.872 e. The summed E-state index contributed by atoms with van der Waals surface area (Å²) in [6, 6.07) is 16.3. The Hall–Kier alpha value is -3.45. The lowest BCUT2D eigenvalue weighted by molar-refractivity contribution is -0.265. The Morgan fingerprint density at radius 1 is 1.04 bits per heavy atom. The second-order valence-electron chi connectivity index (χ2n) is 6.24. The second kappa shape index (κ2) is 5.78. The highest BCUT2D eigenvalue weighted by Crippen LogP contribution is 2.28. The number of fused-ring (bicyclic) bond motifs is 2. The Morgan fingerprint density at radius 3 is 2.59 bits per heavy atom. The topological polar surface area (TPSA) is 86.6 Å². The summed E-state index contributed by atoms with van der Waals surface area (Å²) in [5.41, 5.74) is 2.54. The summed E-state index contributed by atoms with van der Waals surface area (Å²) in [6.45, 7) is 1.79. The quantitative estimate of drug-likeness (QED) is 0.514. The lowest BCUT2D eigenvalue weighted by Gasteiger charge is -2.11. The van der Waals surface area contributed by atoms with Crippen LogP contribution < -0.4 is 10.7 Å². The zero-order valence-electron chi connectivity index (χ0n) is 14.3. The van der Waals surface area contributed by atoms with Crippen molar-refractivity contribution in [3.05, 3.63) is 70.6 Å². The molecule has 5 rings (SSSR count). The Balaban J connectivity index is 1.72. The molecule has 0 atom stereocenters. The number of nitrogens with zero attached hydrogens (tertiary/aromatic N) is 3. The molecule has 0 saturated heterocycles. The number of aromatic amines is 1. The highest BCUT2D eigenvalue weighted by Gasteiger charge is 2.18. The molecule has 27 heavy (non-hydrogen) atoms. The minimum absolute atomic E-state index is 0.151. The molecule has 0 bridgehead atoms. The van der Waals surface area contributed by atoms with E-state index in [1.165, 1.54) is 22.1 Å². The molecule has 0 unspecified atom stereocenters. The van der Waals surface area contributed by atoms with Crippen molar-refractivity contribution in [2.45, 2.75) is 6.92 Å². The van der Waals surface area contributed by atoms with E-state index in [2.05, 4.69) is 15.1 Å². The minimum Gasteiger partial charge on any atom is -0.872 e. The predicted octanol–water partition coefficient (Wildman–Crippen LogP) is 3.37. The maximum atomic E-state index is 13.1. The molecule has 3 heterocycles. The number of benzene rings is 2.